The van der Waals surface area contributed by atoms with E-state index in [1.165, 1.54) is 0 Å². The molecule has 0 saturated carbocycles. The van der Waals surface area contributed by atoms with Gasteiger partial charge in [0.2, 0.25) is 0 Å². The van der Waals surface area contributed by atoms with Gasteiger partial charge in [0.25, 0.3) is 11.6 Å². The molecule has 0 aliphatic heterocycles. The summed E-state index contributed by atoms with van der Waals surface area (Å²) in [4.78, 5) is 22.2. The smallest absolute Gasteiger partial charge is 0.292 e. The Labute approximate surface area is 127 Å². The van der Waals surface area contributed by atoms with E-state index in [2.05, 4.69) is 5.32 Å². The number of benzene rings is 2. The number of rotatable bonds is 3. The minimum Gasteiger partial charge on any atom is -0.316 e. The van der Waals surface area contributed by atoms with Crippen molar-refractivity contribution in [3.63, 3.8) is 0 Å². The van der Waals surface area contributed by atoms with Crippen LogP contribution in [0.2, 0.25) is 0 Å². The third kappa shape index (κ3) is 3.29. The zero-order valence-electron chi connectivity index (χ0n) is 9.97. The molecule has 1 N–H and O–H groups in total. The fourth-order valence-electron chi connectivity index (χ4n) is 1.59. The predicted octanol–water partition coefficient (Wildman–Crippen LogP) is 3.59. The summed E-state index contributed by atoms with van der Waals surface area (Å²) >= 11 is 2.04. The maximum Gasteiger partial charge on any atom is 0.292 e. The molecule has 0 fully saturated rings. The van der Waals surface area contributed by atoms with E-state index in [0.29, 0.717) is 5.56 Å². The second kappa shape index (κ2) is 5.95. The first-order valence-corrected chi connectivity index (χ1v) is 6.56. The standard InChI is InChI=1S/C13H8FIN2O3/c14-9-4-5-12(17(19)20)11(7-9)16-13(18)8-2-1-3-10(15)6-8/h1-7H,(H,16,18). The van der Waals surface area contributed by atoms with Crippen LogP contribution in [0.1, 0.15) is 10.4 Å². The van der Waals surface area contributed by atoms with Gasteiger partial charge in [-0.15, -0.1) is 0 Å². The summed E-state index contributed by atoms with van der Waals surface area (Å²) in [7, 11) is 0. The highest BCUT2D eigenvalue weighted by molar-refractivity contribution is 14.1. The van der Waals surface area contributed by atoms with Crippen molar-refractivity contribution in [2.45, 2.75) is 0 Å². The van der Waals surface area contributed by atoms with Gasteiger partial charge < -0.3 is 5.32 Å². The number of hydrogen-bond donors (Lipinski definition) is 1. The molecular weight excluding hydrogens is 378 g/mol. The highest BCUT2D eigenvalue weighted by atomic mass is 127. The molecular formula is C13H8FIN2O3. The molecule has 102 valence electrons. The van der Waals surface area contributed by atoms with Gasteiger partial charge >= 0.3 is 0 Å². The van der Waals surface area contributed by atoms with E-state index in [-0.39, 0.29) is 11.4 Å². The van der Waals surface area contributed by atoms with Crippen molar-refractivity contribution in [3.8, 4) is 0 Å². The molecule has 0 spiro atoms. The maximum atomic E-state index is 13.2. The van der Waals surface area contributed by atoms with Crippen molar-refractivity contribution in [2.24, 2.45) is 0 Å². The van der Waals surface area contributed by atoms with Crippen LogP contribution in [0.4, 0.5) is 15.8 Å². The average Bonchev–Trinajstić information content (AvgIpc) is 2.38. The van der Waals surface area contributed by atoms with Crippen molar-refractivity contribution >= 4 is 39.9 Å². The van der Waals surface area contributed by atoms with Crippen LogP contribution in [0.15, 0.2) is 42.5 Å². The highest BCUT2D eigenvalue weighted by Crippen LogP contribution is 2.25. The summed E-state index contributed by atoms with van der Waals surface area (Å²) in [6.45, 7) is 0. The van der Waals surface area contributed by atoms with Crippen LogP contribution >= 0.6 is 22.6 Å². The minimum atomic E-state index is -0.677. The van der Waals surface area contributed by atoms with E-state index in [1.807, 2.05) is 28.7 Å². The molecule has 20 heavy (non-hydrogen) atoms. The highest BCUT2D eigenvalue weighted by Gasteiger charge is 2.17. The Hall–Kier alpha value is -2.03. The molecule has 0 saturated heterocycles. The van der Waals surface area contributed by atoms with Gasteiger partial charge in [-0.25, -0.2) is 4.39 Å². The van der Waals surface area contributed by atoms with Crippen molar-refractivity contribution in [3.05, 3.63) is 67.5 Å². The molecule has 2 aromatic rings. The molecule has 2 aromatic carbocycles. The van der Waals surface area contributed by atoms with Crippen LogP contribution < -0.4 is 5.32 Å². The van der Waals surface area contributed by atoms with Gasteiger partial charge in [0.05, 0.1) is 4.92 Å². The number of amides is 1. The number of carbonyl (C=O) groups excluding carboxylic acids is 1. The van der Waals surface area contributed by atoms with Crippen LogP contribution in [0.3, 0.4) is 0 Å². The van der Waals surface area contributed by atoms with Gasteiger partial charge in [-0.1, -0.05) is 6.07 Å². The molecule has 1 amide bonds. The van der Waals surface area contributed by atoms with Crippen LogP contribution in [0.25, 0.3) is 0 Å². The van der Waals surface area contributed by atoms with Crippen molar-refractivity contribution in [1.29, 1.82) is 0 Å². The lowest BCUT2D eigenvalue weighted by Gasteiger charge is -2.06. The summed E-state index contributed by atoms with van der Waals surface area (Å²) in [5.41, 5.74) is -0.181. The fourth-order valence-corrected chi connectivity index (χ4v) is 2.13. The molecule has 5 nitrogen and oxygen atoms in total. The quantitative estimate of drug-likeness (QED) is 0.498. The number of anilines is 1. The molecule has 0 aliphatic carbocycles. The number of carbonyl (C=O) groups is 1. The Bertz CT molecular complexity index is 691. The Morgan fingerprint density at radius 2 is 2.00 bits per heavy atom. The van der Waals surface area contributed by atoms with Gasteiger partial charge in [0.15, 0.2) is 0 Å². The van der Waals surface area contributed by atoms with Gasteiger partial charge in [0.1, 0.15) is 11.5 Å². The second-order valence-electron chi connectivity index (χ2n) is 3.88. The number of hydrogen-bond acceptors (Lipinski definition) is 3. The normalized spacial score (nSPS) is 10.1. The van der Waals surface area contributed by atoms with Gasteiger partial charge in [0, 0.05) is 21.3 Å². The van der Waals surface area contributed by atoms with Crippen LogP contribution in [-0.2, 0) is 0 Å². The zero-order valence-corrected chi connectivity index (χ0v) is 12.1. The third-order valence-corrected chi connectivity index (χ3v) is 3.16. The number of halogens is 2. The van der Waals surface area contributed by atoms with E-state index in [1.54, 1.807) is 18.2 Å². The van der Waals surface area contributed by atoms with Crippen LogP contribution in [-0.4, -0.2) is 10.8 Å². The van der Waals surface area contributed by atoms with Gasteiger partial charge in [-0.2, -0.15) is 0 Å². The minimum absolute atomic E-state index is 0.168. The molecule has 7 heteroatoms. The lowest BCUT2D eigenvalue weighted by molar-refractivity contribution is -0.384. The first-order chi connectivity index (χ1) is 9.47. The largest absolute Gasteiger partial charge is 0.316 e. The SMILES string of the molecule is O=C(Nc1cc(F)ccc1[N+](=O)[O-])c1cccc(I)c1. The first kappa shape index (κ1) is 14.4. The van der Waals surface area contributed by atoms with E-state index in [9.17, 15) is 19.3 Å². The number of nitrogens with one attached hydrogen (secondary N) is 1. The predicted molar refractivity (Wildman–Crippen MR) is 80.2 cm³/mol. The average molecular weight is 386 g/mol. The Morgan fingerprint density at radius 3 is 2.65 bits per heavy atom. The van der Waals surface area contributed by atoms with Crippen molar-refractivity contribution in [2.75, 3.05) is 5.32 Å². The van der Waals surface area contributed by atoms with E-state index >= 15 is 0 Å². The van der Waals surface area contributed by atoms with Crippen molar-refractivity contribution in [1.82, 2.24) is 0 Å². The van der Waals surface area contributed by atoms with E-state index < -0.39 is 16.6 Å². The molecule has 0 bridgehead atoms. The monoisotopic (exact) mass is 386 g/mol. The number of nitro groups is 1. The number of nitro benzene ring substituents is 1. The topological polar surface area (TPSA) is 72.2 Å². The van der Waals surface area contributed by atoms with Crippen LogP contribution in [0, 0.1) is 19.5 Å². The summed E-state index contributed by atoms with van der Waals surface area (Å²) in [5.74, 6) is -1.19. The molecule has 0 radical (unpaired) electrons. The van der Waals surface area contributed by atoms with Crippen LogP contribution in [0.5, 0.6) is 0 Å². The summed E-state index contributed by atoms with van der Waals surface area (Å²) in [6, 6.07) is 9.60. The molecule has 2 rings (SSSR count). The van der Waals surface area contributed by atoms with Gasteiger partial charge in [-0.3, -0.25) is 14.9 Å². The summed E-state index contributed by atoms with van der Waals surface area (Å²) in [6.07, 6.45) is 0. The Balaban J connectivity index is 2.32. The Kier molecular flexibility index (Phi) is 4.28. The third-order valence-electron chi connectivity index (χ3n) is 2.49. The summed E-state index contributed by atoms with van der Waals surface area (Å²) < 4.78 is 14.0. The maximum absolute atomic E-state index is 13.2. The Morgan fingerprint density at radius 1 is 1.25 bits per heavy atom. The van der Waals surface area contributed by atoms with Crippen molar-refractivity contribution < 1.29 is 14.1 Å². The van der Waals surface area contributed by atoms with E-state index in [4.69, 9.17) is 0 Å². The second-order valence-corrected chi connectivity index (χ2v) is 5.13. The summed E-state index contributed by atoms with van der Waals surface area (Å²) in [5, 5.41) is 13.2. The van der Waals surface area contributed by atoms with E-state index in [0.717, 1.165) is 21.8 Å². The first-order valence-electron chi connectivity index (χ1n) is 5.48. The number of nitrogens with zero attached hydrogens (tertiary/aromatic N) is 1. The molecule has 0 aromatic heterocycles. The van der Waals surface area contributed by atoms with Gasteiger partial charge in [-0.05, 0) is 46.9 Å². The lowest BCUT2D eigenvalue weighted by atomic mass is 10.2. The lowest BCUT2D eigenvalue weighted by Crippen LogP contribution is -2.13. The molecule has 0 atom stereocenters. The molecule has 0 aliphatic rings. The molecule has 0 heterocycles. The molecule has 0 unspecified atom stereocenters. The zero-order chi connectivity index (χ0) is 14.7. The fraction of sp³-hybridized carbons (Fsp3) is 0.